The Bertz CT molecular complexity index is 522. The molecule has 0 radical (unpaired) electrons. The van der Waals surface area contributed by atoms with Crippen LogP contribution in [-0.2, 0) is 4.79 Å². The minimum atomic E-state index is -1.07. The fourth-order valence-electron chi connectivity index (χ4n) is 2.76. The maximum absolute atomic E-state index is 12.4. The van der Waals surface area contributed by atoms with Gasteiger partial charge < -0.3 is 10.4 Å². The summed E-state index contributed by atoms with van der Waals surface area (Å²) in [5.41, 5.74) is 0.348. The van der Waals surface area contributed by atoms with Crippen molar-refractivity contribution in [2.45, 2.75) is 44.9 Å². The van der Waals surface area contributed by atoms with Gasteiger partial charge in [0, 0.05) is 10.9 Å². The Balaban J connectivity index is 2.10. The van der Waals surface area contributed by atoms with Gasteiger partial charge in [0.15, 0.2) is 0 Å². The summed E-state index contributed by atoms with van der Waals surface area (Å²) < 4.78 is 0. The SMILES string of the molecule is O=C(O)c1ccc(Cl)cc1NC(=O)C1CCCCCCC1. The highest BCUT2D eigenvalue weighted by Gasteiger charge is 2.21. The van der Waals surface area contributed by atoms with Crippen LogP contribution in [0.3, 0.4) is 0 Å². The number of hydrogen-bond donors (Lipinski definition) is 2. The summed E-state index contributed by atoms with van der Waals surface area (Å²) >= 11 is 5.89. The molecular formula is C16H20ClNO3. The van der Waals surface area contributed by atoms with Gasteiger partial charge in [-0.2, -0.15) is 0 Å². The van der Waals surface area contributed by atoms with E-state index in [4.69, 9.17) is 16.7 Å². The molecule has 2 rings (SSSR count). The normalized spacial score (nSPS) is 16.8. The smallest absolute Gasteiger partial charge is 0.337 e. The molecule has 1 saturated carbocycles. The molecule has 0 saturated heterocycles. The third-order valence-electron chi connectivity index (χ3n) is 3.95. The molecule has 0 bridgehead atoms. The topological polar surface area (TPSA) is 66.4 Å². The number of amides is 1. The Morgan fingerprint density at radius 2 is 1.71 bits per heavy atom. The summed E-state index contributed by atoms with van der Waals surface area (Å²) in [5, 5.41) is 12.3. The number of benzene rings is 1. The van der Waals surface area contributed by atoms with Crippen molar-refractivity contribution >= 4 is 29.2 Å². The molecular weight excluding hydrogens is 290 g/mol. The average Bonchev–Trinajstić information content (AvgIpc) is 2.37. The van der Waals surface area contributed by atoms with E-state index < -0.39 is 5.97 Å². The summed E-state index contributed by atoms with van der Waals surface area (Å²) in [7, 11) is 0. The van der Waals surface area contributed by atoms with E-state index in [0.29, 0.717) is 5.02 Å². The Morgan fingerprint density at radius 3 is 2.33 bits per heavy atom. The lowest BCUT2D eigenvalue weighted by molar-refractivity contribution is -0.120. The van der Waals surface area contributed by atoms with Crippen LogP contribution < -0.4 is 5.32 Å². The number of anilines is 1. The molecule has 21 heavy (non-hydrogen) atoms. The average molecular weight is 310 g/mol. The molecule has 1 aliphatic rings. The zero-order chi connectivity index (χ0) is 15.2. The monoisotopic (exact) mass is 309 g/mol. The number of carbonyl (C=O) groups is 2. The van der Waals surface area contributed by atoms with Crippen LogP contribution in [0.25, 0.3) is 0 Å². The van der Waals surface area contributed by atoms with Gasteiger partial charge in [-0.25, -0.2) is 4.79 Å². The van der Waals surface area contributed by atoms with Crippen LogP contribution in [0.4, 0.5) is 5.69 Å². The van der Waals surface area contributed by atoms with Crippen LogP contribution in [0.1, 0.15) is 55.3 Å². The van der Waals surface area contributed by atoms with Gasteiger partial charge >= 0.3 is 5.97 Å². The first-order chi connectivity index (χ1) is 10.1. The summed E-state index contributed by atoms with van der Waals surface area (Å²) in [5.74, 6) is -1.20. The van der Waals surface area contributed by atoms with Crippen molar-refractivity contribution in [2.24, 2.45) is 5.92 Å². The van der Waals surface area contributed by atoms with E-state index in [1.54, 1.807) is 0 Å². The highest BCUT2D eigenvalue weighted by atomic mass is 35.5. The molecule has 0 unspecified atom stereocenters. The van der Waals surface area contributed by atoms with Crippen LogP contribution in [0.2, 0.25) is 5.02 Å². The summed E-state index contributed by atoms with van der Waals surface area (Å²) in [6, 6.07) is 4.42. The zero-order valence-corrected chi connectivity index (χ0v) is 12.7. The van der Waals surface area contributed by atoms with Crippen molar-refractivity contribution in [2.75, 3.05) is 5.32 Å². The quantitative estimate of drug-likeness (QED) is 0.873. The van der Waals surface area contributed by atoms with Crippen molar-refractivity contribution in [1.82, 2.24) is 0 Å². The van der Waals surface area contributed by atoms with Crippen molar-refractivity contribution in [1.29, 1.82) is 0 Å². The summed E-state index contributed by atoms with van der Waals surface area (Å²) in [6.07, 6.45) is 7.43. The van der Waals surface area contributed by atoms with Crippen LogP contribution in [0, 0.1) is 5.92 Å². The van der Waals surface area contributed by atoms with Crippen LogP contribution in [-0.4, -0.2) is 17.0 Å². The lowest BCUT2D eigenvalue weighted by Crippen LogP contribution is -2.24. The molecule has 0 aromatic heterocycles. The number of hydrogen-bond acceptors (Lipinski definition) is 2. The number of nitrogens with one attached hydrogen (secondary N) is 1. The minimum absolute atomic E-state index is 0.0362. The molecule has 2 N–H and O–H groups in total. The van der Waals surface area contributed by atoms with E-state index in [1.807, 2.05) is 0 Å². The highest BCUT2D eigenvalue weighted by Crippen LogP contribution is 2.26. The lowest BCUT2D eigenvalue weighted by atomic mass is 9.90. The maximum atomic E-state index is 12.4. The minimum Gasteiger partial charge on any atom is -0.478 e. The van der Waals surface area contributed by atoms with E-state index in [2.05, 4.69) is 5.32 Å². The number of carboxylic acids is 1. The van der Waals surface area contributed by atoms with E-state index in [9.17, 15) is 9.59 Å². The third-order valence-corrected chi connectivity index (χ3v) is 4.18. The molecule has 0 aliphatic heterocycles. The van der Waals surface area contributed by atoms with E-state index in [0.717, 1.165) is 25.7 Å². The van der Waals surface area contributed by atoms with Gasteiger partial charge in [0.2, 0.25) is 5.91 Å². The predicted molar refractivity (Wildman–Crippen MR) is 82.9 cm³/mol. The number of carbonyl (C=O) groups excluding carboxylic acids is 1. The Kier molecular flexibility index (Phi) is 5.62. The van der Waals surface area contributed by atoms with Gasteiger partial charge in [-0.3, -0.25) is 4.79 Å². The van der Waals surface area contributed by atoms with Gasteiger partial charge in [-0.1, -0.05) is 43.7 Å². The van der Waals surface area contributed by atoms with Gasteiger partial charge in [0.05, 0.1) is 11.3 Å². The molecule has 0 spiro atoms. The second kappa shape index (κ2) is 7.46. The van der Waals surface area contributed by atoms with Gasteiger partial charge in [-0.05, 0) is 31.0 Å². The number of halogens is 1. The molecule has 1 aromatic carbocycles. The largest absolute Gasteiger partial charge is 0.478 e. The molecule has 0 atom stereocenters. The summed E-state index contributed by atoms with van der Waals surface area (Å²) in [4.78, 5) is 23.6. The van der Waals surface area contributed by atoms with Crippen LogP contribution in [0.15, 0.2) is 18.2 Å². The number of rotatable bonds is 3. The fourth-order valence-corrected chi connectivity index (χ4v) is 2.93. The molecule has 1 aliphatic carbocycles. The maximum Gasteiger partial charge on any atom is 0.337 e. The van der Waals surface area contributed by atoms with E-state index >= 15 is 0 Å². The predicted octanol–water partition coefficient (Wildman–Crippen LogP) is 4.34. The zero-order valence-electron chi connectivity index (χ0n) is 11.9. The highest BCUT2D eigenvalue weighted by molar-refractivity contribution is 6.31. The van der Waals surface area contributed by atoms with Gasteiger partial charge in [0.25, 0.3) is 0 Å². The second-order valence-electron chi connectivity index (χ2n) is 5.53. The molecule has 1 aromatic rings. The summed E-state index contributed by atoms with van der Waals surface area (Å²) in [6.45, 7) is 0. The molecule has 1 amide bonds. The first-order valence-electron chi connectivity index (χ1n) is 7.41. The number of carboxylic acid groups (broad SMARTS) is 1. The second-order valence-corrected chi connectivity index (χ2v) is 5.96. The Labute approximate surface area is 129 Å². The first-order valence-corrected chi connectivity index (χ1v) is 7.79. The first kappa shape index (κ1) is 15.8. The van der Waals surface area contributed by atoms with Crippen molar-refractivity contribution in [3.8, 4) is 0 Å². The van der Waals surface area contributed by atoms with E-state index in [-0.39, 0.29) is 23.1 Å². The molecule has 5 heteroatoms. The van der Waals surface area contributed by atoms with E-state index in [1.165, 1.54) is 37.5 Å². The van der Waals surface area contributed by atoms with Gasteiger partial charge in [0.1, 0.15) is 0 Å². The van der Waals surface area contributed by atoms with Crippen molar-refractivity contribution in [3.63, 3.8) is 0 Å². The van der Waals surface area contributed by atoms with Crippen molar-refractivity contribution < 1.29 is 14.7 Å². The molecule has 1 fully saturated rings. The Morgan fingerprint density at radius 1 is 1.10 bits per heavy atom. The van der Waals surface area contributed by atoms with Crippen LogP contribution >= 0.6 is 11.6 Å². The molecule has 4 nitrogen and oxygen atoms in total. The lowest BCUT2D eigenvalue weighted by Gasteiger charge is -2.19. The third kappa shape index (κ3) is 4.46. The number of aromatic carboxylic acids is 1. The molecule has 0 heterocycles. The fraction of sp³-hybridized carbons (Fsp3) is 0.500. The standard InChI is InChI=1S/C16H20ClNO3/c17-12-8-9-13(16(20)21)14(10-12)18-15(19)11-6-4-2-1-3-5-7-11/h8-11H,1-7H2,(H,18,19)(H,20,21). The molecule has 114 valence electrons. The Hall–Kier alpha value is -1.55. The van der Waals surface area contributed by atoms with Crippen molar-refractivity contribution in [3.05, 3.63) is 28.8 Å². The van der Waals surface area contributed by atoms with Crippen LogP contribution in [0.5, 0.6) is 0 Å². The van der Waals surface area contributed by atoms with Gasteiger partial charge in [-0.15, -0.1) is 0 Å².